The van der Waals surface area contributed by atoms with Crippen molar-refractivity contribution in [1.29, 1.82) is 0 Å². The van der Waals surface area contributed by atoms with Crippen LogP contribution in [0, 0.1) is 5.92 Å². The molecule has 4 heteroatoms. The number of rotatable bonds is 8. The molecule has 17 heavy (non-hydrogen) atoms. The van der Waals surface area contributed by atoms with Crippen LogP contribution in [0.1, 0.15) is 26.7 Å². The summed E-state index contributed by atoms with van der Waals surface area (Å²) in [5.41, 5.74) is 0. The third kappa shape index (κ3) is 5.82. The van der Waals surface area contributed by atoms with Gasteiger partial charge in [-0.15, -0.1) is 0 Å². The van der Waals surface area contributed by atoms with Crippen LogP contribution in [0.25, 0.3) is 0 Å². The highest BCUT2D eigenvalue weighted by Gasteiger charge is 2.21. The highest BCUT2D eigenvalue weighted by atomic mass is 16.7. The molecule has 0 saturated carbocycles. The lowest BCUT2D eigenvalue weighted by Gasteiger charge is -2.33. The second kappa shape index (κ2) is 8.86. The Morgan fingerprint density at radius 2 is 1.76 bits per heavy atom. The molecule has 4 nitrogen and oxygen atoms in total. The molecule has 0 aliphatic carbocycles. The molecule has 1 aliphatic rings. The molecule has 0 aromatic rings. The largest absolute Gasteiger partial charge is 0.352 e. The lowest BCUT2D eigenvalue weighted by atomic mass is 9.97. The summed E-state index contributed by atoms with van der Waals surface area (Å²) < 4.78 is 11.2. The summed E-state index contributed by atoms with van der Waals surface area (Å²) in [6, 6.07) is 0. The quantitative estimate of drug-likeness (QED) is 0.653. The van der Waals surface area contributed by atoms with Gasteiger partial charge in [-0.3, -0.25) is 4.90 Å². The van der Waals surface area contributed by atoms with E-state index in [1.165, 1.54) is 25.9 Å². The highest BCUT2D eigenvalue weighted by molar-refractivity contribution is 4.74. The Labute approximate surface area is 106 Å². The molecule has 102 valence electrons. The number of hydrogen-bond donors (Lipinski definition) is 1. The van der Waals surface area contributed by atoms with E-state index in [9.17, 15) is 0 Å². The zero-order valence-corrected chi connectivity index (χ0v) is 11.6. The van der Waals surface area contributed by atoms with Crippen LogP contribution in [-0.4, -0.2) is 57.6 Å². The maximum Gasteiger partial charge on any atom is 0.170 e. The summed E-state index contributed by atoms with van der Waals surface area (Å²) in [4.78, 5) is 2.46. The Balaban J connectivity index is 2.22. The van der Waals surface area contributed by atoms with Crippen LogP contribution >= 0.6 is 0 Å². The van der Waals surface area contributed by atoms with Crippen LogP contribution in [0.3, 0.4) is 0 Å². The van der Waals surface area contributed by atoms with Gasteiger partial charge in [0, 0.05) is 19.8 Å². The van der Waals surface area contributed by atoms with Crippen LogP contribution in [0.15, 0.2) is 0 Å². The first-order chi connectivity index (χ1) is 8.30. The number of nitrogens with one attached hydrogen (secondary N) is 1. The standard InChI is InChI=1S/C13H28N2O2/c1-4-16-13(17-5-2)11-15-8-6-12(7-9-15)10-14-3/h12-14H,4-11H2,1-3H3. The number of hydrogen-bond acceptors (Lipinski definition) is 4. The predicted molar refractivity (Wildman–Crippen MR) is 70.1 cm³/mol. The van der Waals surface area contributed by atoms with E-state index in [0.29, 0.717) is 0 Å². The normalized spacial score (nSPS) is 19.1. The Morgan fingerprint density at radius 1 is 1.18 bits per heavy atom. The molecule has 0 spiro atoms. The minimum atomic E-state index is -0.0501. The summed E-state index contributed by atoms with van der Waals surface area (Å²) in [6.45, 7) is 9.88. The Kier molecular flexibility index (Phi) is 7.77. The second-order valence-corrected chi connectivity index (χ2v) is 4.64. The van der Waals surface area contributed by atoms with Gasteiger partial charge in [-0.1, -0.05) is 0 Å². The van der Waals surface area contributed by atoms with Crippen molar-refractivity contribution < 1.29 is 9.47 Å². The monoisotopic (exact) mass is 244 g/mol. The van der Waals surface area contributed by atoms with Crippen LogP contribution in [-0.2, 0) is 9.47 Å². The van der Waals surface area contributed by atoms with Crippen LogP contribution in [0.2, 0.25) is 0 Å². The van der Waals surface area contributed by atoms with Gasteiger partial charge in [0.2, 0.25) is 0 Å². The van der Waals surface area contributed by atoms with Gasteiger partial charge >= 0.3 is 0 Å². The lowest BCUT2D eigenvalue weighted by molar-refractivity contribution is -0.149. The summed E-state index contributed by atoms with van der Waals surface area (Å²) in [6.07, 6.45) is 2.52. The topological polar surface area (TPSA) is 33.7 Å². The molecule has 1 rings (SSSR count). The predicted octanol–water partition coefficient (Wildman–Crippen LogP) is 1.32. The third-order valence-electron chi connectivity index (χ3n) is 3.31. The molecule has 0 aromatic carbocycles. The Morgan fingerprint density at radius 3 is 2.24 bits per heavy atom. The minimum absolute atomic E-state index is 0.0501. The van der Waals surface area contributed by atoms with E-state index in [-0.39, 0.29) is 6.29 Å². The smallest absolute Gasteiger partial charge is 0.170 e. The van der Waals surface area contributed by atoms with Crippen LogP contribution in [0.4, 0.5) is 0 Å². The molecule has 0 unspecified atom stereocenters. The Bertz CT molecular complexity index is 176. The molecule has 1 saturated heterocycles. The average molecular weight is 244 g/mol. The molecule has 1 heterocycles. The fraction of sp³-hybridized carbons (Fsp3) is 1.00. The van der Waals surface area contributed by atoms with Gasteiger partial charge < -0.3 is 14.8 Å². The maximum atomic E-state index is 5.58. The number of nitrogens with zero attached hydrogens (tertiary/aromatic N) is 1. The minimum Gasteiger partial charge on any atom is -0.352 e. The van der Waals surface area contributed by atoms with E-state index < -0.39 is 0 Å². The summed E-state index contributed by atoms with van der Waals surface area (Å²) in [5, 5.41) is 3.27. The van der Waals surface area contributed by atoms with Crippen molar-refractivity contribution in [1.82, 2.24) is 10.2 Å². The maximum absolute atomic E-state index is 5.58. The van der Waals surface area contributed by atoms with Crippen LogP contribution in [0.5, 0.6) is 0 Å². The van der Waals surface area contributed by atoms with Gasteiger partial charge in [-0.05, 0) is 59.3 Å². The van der Waals surface area contributed by atoms with E-state index in [1.54, 1.807) is 0 Å². The molecule has 0 atom stereocenters. The summed E-state index contributed by atoms with van der Waals surface area (Å²) in [7, 11) is 2.03. The molecule has 1 aliphatic heterocycles. The number of ether oxygens (including phenoxy) is 2. The molecule has 0 bridgehead atoms. The Hall–Kier alpha value is -0.160. The second-order valence-electron chi connectivity index (χ2n) is 4.64. The zero-order chi connectivity index (χ0) is 12.5. The van der Waals surface area contributed by atoms with Crippen molar-refractivity contribution in [2.75, 3.05) is 46.4 Å². The van der Waals surface area contributed by atoms with Crippen molar-refractivity contribution in [3.8, 4) is 0 Å². The molecule has 0 amide bonds. The van der Waals surface area contributed by atoms with Crippen molar-refractivity contribution >= 4 is 0 Å². The highest BCUT2D eigenvalue weighted by Crippen LogP contribution is 2.16. The third-order valence-corrected chi connectivity index (χ3v) is 3.31. The van der Waals surface area contributed by atoms with Gasteiger partial charge in [0.1, 0.15) is 0 Å². The van der Waals surface area contributed by atoms with E-state index in [1.807, 2.05) is 20.9 Å². The molecular formula is C13H28N2O2. The van der Waals surface area contributed by atoms with Crippen LogP contribution < -0.4 is 5.32 Å². The van der Waals surface area contributed by atoms with E-state index in [2.05, 4.69) is 10.2 Å². The SMILES string of the molecule is CCOC(CN1CCC(CNC)CC1)OCC. The lowest BCUT2D eigenvalue weighted by Crippen LogP contribution is -2.42. The zero-order valence-electron chi connectivity index (χ0n) is 11.6. The van der Waals surface area contributed by atoms with Gasteiger partial charge in [0.15, 0.2) is 6.29 Å². The molecule has 0 aromatic heterocycles. The molecule has 1 fully saturated rings. The fourth-order valence-electron chi connectivity index (χ4n) is 2.40. The first-order valence-corrected chi connectivity index (χ1v) is 6.90. The van der Waals surface area contributed by atoms with E-state index in [4.69, 9.17) is 9.47 Å². The van der Waals surface area contributed by atoms with Crippen molar-refractivity contribution in [3.63, 3.8) is 0 Å². The summed E-state index contributed by atoms with van der Waals surface area (Å²) in [5.74, 6) is 0.842. The average Bonchev–Trinajstić information content (AvgIpc) is 2.33. The van der Waals surface area contributed by atoms with Gasteiger partial charge in [-0.25, -0.2) is 0 Å². The van der Waals surface area contributed by atoms with E-state index in [0.717, 1.165) is 32.2 Å². The fourth-order valence-corrected chi connectivity index (χ4v) is 2.40. The van der Waals surface area contributed by atoms with Crippen molar-refractivity contribution in [2.24, 2.45) is 5.92 Å². The first kappa shape index (κ1) is 14.9. The molecule has 1 N–H and O–H groups in total. The van der Waals surface area contributed by atoms with E-state index >= 15 is 0 Å². The number of likely N-dealkylation sites (tertiary alicyclic amines) is 1. The van der Waals surface area contributed by atoms with Gasteiger partial charge in [0.25, 0.3) is 0 Å². The van der Waals surface area contributed by atoms with Gasteiger partial charge in [-0.2, -0.15) is 0 Å². The molecule has 0 radical (unpaired) electrons. The number of piperidine rings is 1. The van der Waals surface area contributed by atoms with Crippen molar-refractivity contribution in [2.45, 2.75) is 33.0 Å². The summed E-state index contributed by atoms with van der Waals surface area (Å²) >= 11 is 0. The molecular weight excluding hydrogens is 216 g/mol. The van der Waals surface area contributed by atoms with Crippen molar-refractivity contribution in [3.05, 3.63) is 0 Å². The van der Waals surface area contributed by atoms with Gasteiger partial charge in [0.05, 0.1) is 0 Å². The first-order valence-electron chi connectivity index (χ1n) is 6.90.